The van der Waals surface area contributed by atoms with E-state index in [2.05, 4.69) is 52.1 Å². The number of fused-ring (bicyclic) bond motifs is 2. The first kappa shape index (κ1) is 22.4. The first-order valence-electron chi connectivity index (χ1n) is 11.1. The van der Waals surface area contributed by atoms with Crippen LogP contribution < -0.4 is 0 Å². The van der Waals surface area contributed by atoms with Crippen molar-refractivity contribution in [2.45, 2.75) is 66.7 Å². The molecule has 0 radical (unpaired) electrons. The molecule has 0 saturated heterocycles. The molecule has 4 rings (SSSR count). The molecule has 0 unspecified atom stereocenters. The average Bonchev–Trinajstić information content (AvgIpc) is 3.29. The van der Waals surface area contributed by atoms with Crippen molar-refractivity contribution in [1.82, 2.24) is 0 Å². The number of aryl methyl sites for hydroxylation is 2. The smallest absolute Gasteiger partial charge is 0.136 e. The van der Waals surface area contributed by atoms with Crippen LogP contribution in [0.2, 0.25) is 0 Å². The van der Waals surface area contributed by atoms with Gasteiger partial charge in [-0.05, 0) is 76.1 Å². The van der Waals surface area contributed by atoms with Gasteiger partial charge >= 0.3 is 0 Å². The summed E-state index contributed by atoms with van der Waals surface area (Å²) in [5.74, 6) is 0.953. The van der Waals surface area contributed by atoms with Gasteiger partial charge < -0.3 is 4.42 Å². The summed E-state index contributed by atoms with van der Waals surface area (Å²) in [5, 5.41) is 1.15. The molecule has 0 fully saturated rings. The molecule has 0 atom stereocenters. The van der Waals surface area contributed by atoms with Gasteiger partial charge in [-0.1, -0.05) is 56.4 Å². The highest BCUT2D eigenvalue weighted by Crippen LogP contribution is 2.44. The van der Waals surface area contributed by atoms with Crippen molar-refractivity contribution in [2.75, 3.05) is 0 Å². The summed E-state index contributed by atoms with van der Waals surface area (Å²) in [7, 11) is 0. The number of furan rings is 1. The fraction of sp³-hybridized carbons (Fsp3) is 0.357. The van der Waals surface area contributed by atoms with Crippen LogP contribution in [-0.2, 0) is 12.8 Å². The molecule has 0 spiro atoms. The van der Waals surface area contributed by atoms with Gasteiger partial charge in [0.1, 0.15) is 11.3 Å². The predicted molar refractivity (Wildman–Crippen MR) is 134 cm³/mol. The SMILES string of the molecule is C=C(C)C/C(C(=C)C)=C(\c1cc2ccccc2o1)c1c(C)sc2c1CCCC2.CC. The average molecular weight is 419 g/mol. The number of para-hydroxylation sites is 1. The van der Waals surface area contributed by atoms with Crippen molar-refractivity contribution in [3.63, 3.8) is 0 Å². The standard InChI is InChI=1S/C26H28OS.C2H6/c1-16(2)14-21(17(3)4)26(23-15-19-10-6-8-12-22(19)27-23)25-18(5)28-24-13-9-7-11-20(24)25;1-2/h6,8,10,12,15H,1,3,7,9,11,13-14H2,2,4-5H3;1-2H3/b26-21-;. The minimum atomic E-state index is 0.825. The Morgan fingerprint density at radius 1 is 1.07 bits per heavy atom. The Balaban J connectivity index is 0.00000124. The fourth-order valence-corrected chi connectivity index (χ4v) is 5.58. The zero-order valence-corrected chi connectivity index (χ0v) is 20.0. The lowest BCUT2D eigenvalue weighted by Gasteiger charge is -2.19. The topological polar surface area (TPSA) is 13.1 Å². The molecule has 1 aliphatic rings. The Bertz CT molecular complexity index is 1070. The van der Waals surface area contributed by atoms with E-state index in [0.29, 0.717) is 0 Å². The minimum absolute atomic E-state index is 0.825. The van der Waals surface area contributed by atoms with Crippen LogP contribution in [0.1, 0.15) is 73.6 Å². The third-order valence-corrected chi connectivity index (χ3v) is 6.77. The molecule has 2 heteroatoms. The number of hydrogen-bond acceptors (Lipinski definition) is 2. The van der Waals surface area contributed by atoms with Gasteiger partial charge in [0, 0.05) is 26.3 Å². The van der Waals surface area contributed by atoms with Gasteiger partial charge in [-0.3, -0.25) is 0 Å². The first-order valence-corrected chi connectivity index (χ1v) is 11.9. The third kappa shape index (κ3) is 4.39. The van der Waals surface area contributed by atoms with Crippen LogP contribution in [0.15, 0.2) is 64.6 Å². The maximum atomic E-state index is 6.39. The van der Waals surface area contributed by atoms with Crippen LogP contribution in [0, 0.1) is 6.92 Å². The van der Waals surface area contributed by atoms with E-state index in [4.69, 9.17) is 4.42 Å². The number of benzene rings is 1. The number of allylic oxidation sites excluding steroid dienone is 3. The Kier molecular flexibility index (Phi) is 7.20. The zero-order valence-electron chi connectivity index (χ0n) is 19.2. The number of rotatable bonds is 5. The zero-order chi connectivity index (χ0) is 21.8. The molecule has 30 heavy (non-hydrogen) atoms. The second-order valence-corrected chi connectivity index (χ2v) is 9.37. The van der Waals surface area contributed by atoms with Crippen molar-refractivity contribution >= 4 is 27.9 Å². The van der Waals surface area contributed by atoms with Gasteiger partial charge in [0.15, 0.2) is 0 Å². The van der Waals surface area contributed by atoms with Crippen molar-refractivity contribution in [3.8, 4) is 0 Å². The Morgan fingerprint density at radius 2 is 1.77 bits per heavy atom. The molecule has 1 nitrogen and oxygen atoms in total. The summed E-state index contributed by atoms with van der Waals surface area (Å²) in [6, 6.07) is 10.5. The number of thiophene rings is 1. The third-order valence-electron chi connectivity index (χ3n) is 5.56. The lowest BCUT2D eigenvalue weighted by Crippen LogP contribution is -2.04. The summed E-state index contributed by atoms with van der Waals surface area (Å²) >= 11 is 1.97. The summed E-state index contributed by atoms with van der Waals surface area (Å²) in [4.78, 5) is 2.95. The molecule has 158 valence electrons. The quantitative estimate of drug-likeness (QED) is 0.297. The highest BCUT2D eigenvalue weighted by Gasteiger charge is 2.26. The molecule has 0 aliphatic heterocycles. The van der Waals surface area contributed by atoms with Crippen molar-refractivity contribution in [1.29, 1.82) is 0 Å². The maximum Gasteiger partial charge on any atom is 0.136 e. The van der Waals surface area contributed by atoms with E-state index in [9.17, 15) is 0 Å². The van der Waals surface area contributed by atoms with Crippen LogP contribution in [0.25, 0.3) is 16.5 Å². The molecular weight excluding hydrogens is 384 g/mol. The predicted octanol–water partition coefficient (Wildman–Crippen LogP) is 9.05. The van der Waals surface area contributed by atoms with Crippen molar-refractivity contribution in [2.24, 2.45) is 0 Å². The molecule has 3 aromatic rings. The van der Waals surface area contributed by atoms with Gasteiger partial charge in [0.05, 0.1) is 0 Å². The maximum absolute atomic E-state index is 6.39. The van der Waals surface area contributed by atoms with E-state index in [1.54, 1.807) is 4.88 Å². The van der Waals surface area contributed by atoms with Gasteiger partial charge in [0.25, 0.3) is 0 Å². The highest BCUT2D eigenvalue weighted by molar-refractivity contribution is 7.12. The van der Waals surface area contributed by atoms with E-state index in [-0.39, 0.29) is 0 Å². The highest BCUT2D eigenvalue weighted by atomic mass is 32.1. The Hall–Kier alpha value is -2.32. The van der Waals surface area contributed by atoms with Crippen LogP contribution in [0.5, 0.6) is 0 Å². The Morgan fingerprint density at radius 3 is 2.43 bits per heavy atom. The lowest BCUT2D eigenvalue weighted by atomic mass is 9.85. The van der Waals surface area contributed by atoms with Crippen molar-refractivity contribution < 1.29 is 4.42 Å². The largest absolute Gasteiger partial charge is 0.456 e. The monoisotopic (exact) mass is 418 g/mol. The second kappa shape index (κ2) is 9.66. The van der Waals surface area contributed by atoms with Gasteiger partial charge in [-0.25, -0.2) is 0 Å². The van der Waals surface area contributed by atoms with E-state index in [1.807, 2.05) is 37.3 Å². The second-order valence-electron chi connectivity index (χ2n) is 8.06. The summed E-state index contributed by atoms with van der Waals surface area (Å²) in [6.07, 6.45) is 5.76. The lowest BCUT2D eigenvalue weighted by molar-refractivity contribution is 0.599. The van der Waals surface area contributed by atoms with Crippen LogP contribution in [0.3, 0.4) is 0 Å². The van der Waals surface area contributed by atoms with E-state index in [1.165, 1.54) is 46.4 Å². The molecular formula is C28H34OS. The summed E-state index contributed by atoms with van der Waals surface area (Å²) < 4.78 is 6.39. The van der Waals surface area contributed by atoms with Crippen LogP contribution in [-0.4, -0.2) is 0 Å². The first-order chi connectivity index (χ1) is 14.5. The molecule has 0 N–H and O–H groups in total. The number of hydrogen-bond donors (Lipinski definition) is 0. The van der Waals surface area contributed by atoms with E-state index < -0.39 is 0 Å². The molecule has 1 aromatic carbocycles. The molecule has 0 amide bonds. The summed E-state index contributed by atoms with van der Waals surface area (Å²) in [6.45, 7) is 19.0. The minimum Gasteiger partial charge on any atom is -0.456 e. The Labute approximate surface area is 185 Å². The molecule has 2 heterocycles. The van der Waals surface area contributed by atoms with Crippen LogP contribution in [0.4, 0.5) is 0 Å². The molecule has 1 aliphatic carbocycles. The molecule has 0 bridgehead atoms. The van der Waals surface area contributed by atoms with Crippen molar-refractivity contribution in [3.05, 3.63) is 86.9 Å². The van der Waals surface area contributed by atoms with E-state index >= 15 is 0 Å². The molecule has 0 saturated carbocycles. The van der Waals surface area contributed by atoms with Gasteiger partial charge in [-0.2, -0.15) is 0 Å². The van der Waals surface area contributed by atoms with E-state index in [0.717, 1.165) is 40.7 Å². The fourth-order valence-electron chi connectivity index (χ4n) is 4.31. The van der Waals surface area contributed by atoms with Gasteiger partial charge in [0.2, 0.25) is 0 Å². The normalized spacial score (nSPS) is 13.9. The van der Waals surface area contributed by atoms with Gasteiger partial charge in [-0.15, -0.1) is 11.3 Å². The summed E-state index contributed by atoms with van der Waals surface area (Å²) in [5.41, 5.74) is 8.57. The molecule has 2 aromatic heterocycles. The van der Waals surface area contributed by atoms with Crippen LogP contribution >= 0.6 is 11.3 Å².